The Balaban J connectivity index is 3.01. The number of hydrogen-bond acceptors (Lipinski definition) is 2. The monoisotopic (exact) mass is 349 g/mol. The highest BCUT2D eigenvalue weighted by molar-refractivity contribution is 5.09. The molecule has 1 heterocycles. The number of ether oxygens (including phenoxy) is 1. The van der Waals surface area contributed by atoms with Gasteiger partial charge in [-0.1, -0.05) is 6.58 Å². The van der Waals surface area contributed by atoms with E-state index < -0.39 is 55.7 Å². The summed E-state index contributed by atoms with van der Waals surface area (Å²) in [6.45, 7) is -0.685. The van der Waals surface area contributed by atoms with Crippen molar-refractivity contribution in [3.05, 3.63) is 12.2 Å². The Bertz CT molecular complexity index is 389. The molecule has 1 saturated heterocycles. The van der Waals surface area contributed by atoms with Gasteiger partial charge in [0.25, 0.3) is 0 Å². The lowest BCUT2D eigenvalue weighted by atomic mass is 10.1. The first-order valence-corrected chi connectivity index (χ1v) is 5.57. The number of morpholine rings is 1. The standard InChI is InChI=1S/C10H9F10NO/c1-4(8(12,13)14)7(11)21-2-5(9(15,16)17)22-6(3-21)10(18,19)20/h5-7H,1-3H2. The van der Waals surface area contributed by atoms with E-state index in [9.17, 15) is 43.9 Å². The highest BCUT2D eigenvalue weighted by Crippen LogP contribution is 2.37. The second-order valence-corrected chi connectivity index (χ2v) is 4.51. The van der Waals surface area contributed by atoms with E-state index in [0.717, 1.165) is 0 Å². The van der Waals surface area contributed by atoms with Gasteiger partial charge in [0.2, 0.25) is 0 Å². The van der Waals surface area contributed by atoms with Gasteiger partial charge in [0.05, 0.1) is 5.57 Å². The van der Waals surface area contributed by atoms with E-state index in [-0.39, 0.29) is 4.90 Å². The molecule has 3 unspecified atom stereocenters. The summed E-state index contributed by atoms with van der Waals surface area (Å²) in [5.41, 5.74) is -2.09. The average Bonchev–Trinajstić information content (AvgIpc) is 2.33. The summed E-state index contributed by atoms with van der Waals surface area (Å²) in [5, 5.41) is 0. The van der Waals surface area contributed by atoms with Crippen molar-refractivity contribution < 1.29 is 48.6 Å². The van der Waals surface area contributed by atoms with E-state index >= 15 is 0 Å². The van der Waals surface area contributed by atoms with Crippen LogP contribution in [0.2, 0.25) is 0 Å². The van der Waals surface area contributed by atoms with Gasteiger partial charge in [-0.3, -0.25) is 4.90 Å². The number of nitrogens with zero attached hydrogens (tertiary/aromatic N) is 1. The summed E-state index contributed by atoms with van der Waals surface area (Å²) in [5.74, 6) is 0. The fourth-order valence-electron chi connectivity index (χ4n) is 1.69. The van der Waals surface area contributed by atoms with E-state index in [4.69, 9.17) is 0 Å². The zero-order chi connectivity index (χ0) is 17.5. The van der Waals surface area contributed by atoms with Crippen molar-refractivity contribution in [3.63, 3.8) is 0 Å². The normalized spacial score (nSPS) is 26.8. The Morgan fingerprint density at radius 2 is 1.27 bits per heavy atom. The summed E-state index contributed by atoms with van der Waals surface area (Å²) >= 11 is 0. The molecule has 12 heteroatoms. The van der Waals surface area contributed by atoms with Crippen LogP contribution in [0.1, 0.15) is 0 Å². The van der Waals surface area contributed by atoms with Crippen molar-refractivity contribution in [2.75, 3.05) is 13.1 Å². The van der Waals surface area contributed by atoms with Gasteiger partial charge in [-0.15, -0.1) is 0 Å². The van der Waals surface area contributed by atoms with Crippen LogP contribution < -0.4 is 0 Å². The van der Waals surface area contributed by atoms with Crippen LogP contribution in [0.15, 0.2) is 12.2 Å². The van der Waals surface area contributed by atoms with E-state index in [1.807, 2.05) is 0 Å². The van der Waals surface area contributed by atoms with Gasteiger partial charge in [0.15, 0.2) is 18.5 Å². The molecule has 0 aromatic carbocycles. The maximum absolute atomic E-state index is 13.6. The van der Waals surface area contributed by atoms with Crippen LogP contribution in [0.5, 0.6) is 0 Å². The largest absolute Gasteiger partial charge is 0.416 e. The van der Waals surface area contributed by atoms with Crippen LogP contribution in [-0.2, 0) is 4.74 Å². The Kier molecular flexibility index (Phi) is 5.07. The Labute approximate surface area is 117 Å². The summed E-state index contributed by atoms with van der Waals surface area (Å²) in [6, 6.07) is 0. The van der Waals surface area contributed by atoms with Crippen LogP contribution in [0.25, 0.3) is 0 Å². The Morgan fingerprint density at radius 1 is 0.909 bits per heavy atom. The lowest BCUT2D eigenvalue weighted by molar-refractivity contribution is -0.311. The fourth-order valence-corrected chi connectivity index (χ4v) is 1.69. The van der Waals surface area contributed by atoms with Crippen molar-refractivity contribution in [1.82, 2.24) is 4.90 Å². The van der Waals surface area contributed by atoms with Crippen molar-refractivity contribution >= 4 is 0 Å². The van der Waals surface area contributed by atoms with Crippen LogP contribution >= 0.6 is 0 Å². The zero-order valence-corrected chi connectivity index (χ0v) is 10.5. The van der Waals surface area contributed by atoms with E-state index in [1.165, 1.54) is 0 Å². The third-order valence-corrected chi connectivity index (χ3v) is 2.83. The third-order valence-electron chi connectivity index (χ3n) is 2.83. The molecule has 3 atom stereocenters. The van der Waals surface area contributed by atoms with Crippen molar-refractivity contribution in [1.29, 1.82) is 0 Å². The molecule has 0 amide bonds. The molecule has 1 aliphatic rings. The molecular weight excluding hydrogens is 340 g/mol. The summed E-state index contributed by atoms with van der Waals surface area (Å²) in [7, 11) is 0. The SMILES string of the molecule is C=C(C(F)N1CC(C(F)(F)F)OC(C(F)(F)F)C1)C(F)(F)F. The molecule has 0 aromatic heterocycles. The Hall–Kier alpha value is -1.04. The van der Waals surface area contributed by atoms with Crippen LogP contribution in [0.4, 0.5) is 43.9 Å². The first kappa shape index (κ1) is 19.0. The molecule has 0 spiro atoms. The van der Waals surface area contributed by atoms with Gasteiger partial charge in [-0.2, -0.15) is 39.5 Å². The predicted molar refractivity (Wildman–Crippen MR) is 52.4 cm³/mol. The first-order chi connectivity index (χ1) is 9.64. The number of hydrogen-bond donors (Lipinski definition) is 0. The zero-order valence-electron chi connectivity index (χ0n) is 10.5. The van der Waals surface area contributed by atoms with Crippen molar-refractivity contribution in [2.45, 2.75) is 37.0 Å². The summed E-state index contributed by atoms with van der Waals surface area (Å²) in [6.07, 6.45) is -25.2. The number of alkyl halides is 10. The van der Waals surface area contributed by atoms with Crippen LogP contribution in [0.3, 0.4) is 0 Å². The van der Waals surface area contributed by atoms with Gasteiger partial charge in [-0.05, 0) is 0 Å². The Morgan fingerprint density at radius 3 is 1.55 bits per heavy atom. The third kappa shape index (κ3) is 4.48. The lowest BCUT2D eigenvalue weighted by Gasteiger charge is -2.40. The molecule has 22 heavy (non-hydrogen) atoms. The fraction of sp³-hybridized carbons (Fsp3) is 0.800. The molecule has 0 aliphatic carbocycles. The van der Waals surface area contributed by atoms with Crippen molar-refractivity contribution in [3.8, 4) is 0 Å². The second kappa shape index (κ2) is 5.87. The van der Waals surface area contributed by atoms with Crippen LogP contribution in [0, 0.1) is 0 Å². The molecular formula is C10H9F10NO. The first-order valence-electron chi connectivity index (χ1n) is 5.57. The molecule has 0 aromatic rings. The quantitative estimate of drug-likeness (QED) is 0.429. The topological polar surface area (TPSA) is 12.5 Å². The van der Waals surface area contributed by atoms with Crippen molar-refractivity contribution in [2.24, 2.45) is 0 Å². The number of halogens is 10. The molecule has 0 N–H and O–H groups in total. The van der Waals surface area contributed by atoms with Gasteiger partial charge in [0.1, 0.15) is 0 Å². The molecule has 2 nitrogen and oxygen atoms in total. The van der Waals surface area contributed by atoms with Crippen LogP contribution in [-0.4, -0.2) is 55.0 Å². The molecule has 0 bridgehead atoms. The average molecular weight is 349 g/mol. The minimum atomic E-state index is -5.29. The maximum Gasteiger partial charge on any atom is 0.416 e. The maximum atomic E-state index is 13.6. The van der Waals surface area contributed by atoms with E-state index in [2.05, 4.69) is 11.3 Å². The predicted octanol–water partition coefficient (Wildman–Crippen LogP) is 3.59. The lowest BCUT2D eigenvalue weighted by Crippen LogP contribution is -2.59. The van der Waals surface area contributed by atoms with Gasteiger partial charge >= 0.3 is 18.5 Å². The molecule has 1 rings (SSSR count). The van der Waals surface area contributed by atoms with E-state index in [1.54, 1.807) is 0 Å². The minimum absolute atomic E-state index is 0.240. The van der Waals surface area contributed by atoms with Gasteiger partial charge in [-0.25, -0.2) is 4.39 Å². The van der Waals surface area contributed by atoms with Gasteiger partial charge < -0.3 is 4.74 Å². The van der Waals surface area contributed by atoms with E-state index in [0.29, 0.717) is 0 Å². The summed E-state index contributed by atoms with van der Waals surface area (Å²) < 4.78 is 129. The highest BCUT2D eigenvalue weighted by Gasteiger charge is 2.55. The highest BCUT2D eigenvalue weighted by atomic mass is 19.4. The minimum Gasteiger partial charge on any atom is -0.353 e. The molecule has 0 radical (unpaired) electrons. The molecule has 1 aliphatic heterocycles. The number of rotatable bonds is 2. The summed E-state index contributed by atoms with van der Waals surface area (Å²) in [4.78, 5) is -0.240. The smallest absolute Gasteiger partial charge is 0.353 e. The molecule has 130 valence electrons. The molecule has 1 fully saturated rings. The molecule has 0 saturated carbocycles. The van der Waals surface area contributed by atoms with Gasteiger partial charge in [0, 0.05) is 13.1 Å². The second-order valence-electron chi connectivity index (χ2n) is 4.51.